The number of fused-ring (bicyclic) bond motifs is 2. The van der Waals surface area contributed by atoms with Gasteiger partial charge in [0, 0.05) is 5.92 Å². The molecule has 0 heterocycles. The van der Waals surface area contributed by atoms with E-state index < -0.39 is 0 Å². The van der Waals surface area contributed by atoms with Gasteiger partial charge in [-0.1, -0.05) is 91.9 Å². The lowest BCUT2D eigenvalue weighted by atomic mass is 9.87. The molecule has 0 atom stereocenters. The van der Waals surface area contributed by atoms with Crippen LogP contribution >= 0.6 is 0 Å². The average molecular weight is 281 g/mol. The fraction of sp³-hybridized carbons (Fsp3) is 0.0455. The van der Waals surface area contributed by atoms with Gasteiger partial charge in [-0.2, -0.15) is 0 Å². The Morgan fingerprint density at radius 3 is 1.41 bits per heavy atom. The fourth-order valence-electron chi connectivity index (χ4n) is 3.25. The van der Waals surface area contributed by atoms with E-state index in [1.54, 1.807) is 0 Å². The Bertz CT molecular complexity index is 860. The van der Waals surface area contributed by atoms with E-state index in [0.29, 0.717) is 0 Å². The van der Waals surface area contributed by atoms with Crippen LogP contribution in [0.3, 0.4) is 0 Å². The zero-order valence-electron chi connectivity index (χ0n) is 12.6. The molecule has 0 amide bonds. The third-order valence-electron chi connectivity index (χ3n) is 4.39. The van der Waals surface area contributed by atoms with Crippen molar-refractivity contribution in [3.63, 3.8) is 0 Å². The monoisotopic (exact) mass is 281 g/mol. The highest BCUT2D eigenvalue weighted by Gasteiger charge is 2.14. The van der Waals surface area contributed by atoms with Gasteiger partial charge in [0.05, 0.1) is 0 Å². The summed E-state index contributed by atoms with van der Waals surface area (Å²) in [5, 5.41) is 5.21. The van der Waals surface area contributed by atoms with Gasteiger partial charge in [0.1, 0.15) is 0 Å². The van der Waals surface area contributed by atoms with Crippen LogP contribution in [-0.4, -0.2) is 0 Å². The summed E-state index contributed by atoms with van der Waals surface area (Å²) in [6.45, 7) is 2.23. The third kappa shape index (κ3) is 2.08. The molecule has 0 fully saturated rings. The predicted molar refractivity (Wildman–Crippen MR) is 95.0 cm³/mol. The highest BCUT2D eigenvalue weighted by molar-refractivity contribution is 5.92. The van der Waals surface area contributed by atoms with Crippen molar-refractivity contribution in [3.05, 3.63) is 102 Å². The molecule has 0 N–H and O–H groups in total. The summed E-state index contributed by atoms with van der Waals surface area (Å²) in [6, 6.07) is 30.3. The van der Waals surface area contributed by atoms with Crippen molar-refractivity contribution in [2.45, 2.75) is 6.92 Å². The van der Waals surface area contributed by atoms with Crippen LogP contribution < -0.4 is 0 Å². The largest absolute Gasteiger partial charge is 0.0616 e. The molecular formula is C22H17. The highest BCUT2D eigenvalue weighted by Crippen LogP contribution is 2.33. The Kier molecular flexibility index (Phi) is 3.16. The van der Waals surface area contributed by atoms with E-state index in [1.165, 1.54) is 38.6 Å². The van der Waals surface area contributed by atoms with Crippen LogP contribution in [0.1, 0.15) is 18.1 Å². The Morgan fingerprint density at radius 1 is 0.500 bits per heavy atom. The zero-order chi connectivity index (χ0) is 14.9. The van der Waals surface area contributed by atoms with Crippen molar-refractivity contribution in [2.24, 2.45) is 0 Å². The van der Waals surface area contributed by atoms with Crippen LogP contribution in [0, 0.1) is 5.92 Å². The summed E-state index contributed by atoms with van der Waals surface area (Å²) in [5.74, 6) is 1.33. The lowest BCUT2D eigenvalue weighted by Crippen LogP contribution is -1.99. The van der Waals surface area contributed by atoms with Gasteiger partial charge >= 0.3 is 0 Å². The van der Waals surface area contributed by atoms with Gasteiger partial charge in [-0.05, 0) is 32.7 Å². The van der Waals surface area contributed by atoms with Crippen LogP contribution in [0.25, 0.3) is 21.5 Å². The normalized spacial score (nSPS) is 11.4. The summed E-state index contributed by atoms with van der Waals surface area (Å²) in [6.07, 6.45) is 0. The minimum Gasteiger partial charge on any atom is -0.0616 e. The standard InChI is InChI=1S/C22H17/c1-16(19-14-6-10-17-8-2-4-12-21(17)19)20-15-7-11-18-9-3-5-13-22(18)20/h2-15H,1H3. The van der Waals surface area contributed by atoms with Crippen molar-refractivity contribution >= 4 is 21.5 Å². The van der Waals surface area contributed by atoms with E-state index >= 15 is 0 Å². The summed E-state index contributed by atoms with van der Waals surface area (Å²) in [5.41, 5.74) is 2.63. The van der Waals surface area contributed by atoms with Crippen LogP contribution in [0.15, 0.2) is 84.9 Å². The maximum Gasteiger partial charge on any atom is 0.0321 e. The molecule has 1 radical (unpaired) electrons. The first-order valence-corrected chi connectivity index (χ1v) is 7.64. The summed E-state index contributed by atoms with van der Waals surface area (Å²) in [7, 11) is 0. The van der Waals surface area contributed by atoms with Gasteiger partial charge in [0.25, 0.3) is 0 Å². The first-order chi connectivity index (χ1) is 10.8. The quantitative estimate of drug-likeness (QED) is 0.424. The van der Waals surface area contributed by atoms with Crippen molar-refractivity contribution in [1.29, 1.82) is 0 Å². The van der Waals surface area contributed by atoms with Crippen LogP contribution in [0.2, 0.25) is 0 Å². The van der Waals surface area contributed by atoms with Gasteiger partial charge in [-0.25, -0.2) is 0 Å². The van der Waals surface area contributed by atoms with E-state index in [1.807, 2.05) is 0 Å². The van der Waals surface area contributed by atoms with E-state index in [4.69, 9.17) is 0 Å². The Labute approximate surface area is 131 Å². The SMILES string of the molecule is C[C](c1cccc2ccccc12)c1cccc2ccccc12. The molecule has 22 heavy (non-hydrogen) atoms. The molecule has 0 bridgehead atoms. The van der Waals surface area contributed by atoms with Gasteiger partial charge in [-0.15, -0.1) is 0 Å². The van der Waals surface area contributed by atoms with E-state index in [0.717, 1.165) is 0 Å². The lowest BCUT2D eigenvalue weighted by molar-refractivity contribution is 1.22. The average Bonchev–Trinajstić information content (AvgIpc) is 2.60. The molecule has 4 aromatic carbocycles. The van der Waals surface area contributed by atoms with Crippen LogP contribution in [0.4, 0.5) is 0 Å². The van der Waals surface area contributed by atoms with Gasteiger partial charge < -0.3 is 0 Å². The van der Waals surface area contributed by atoms with Crippen molar-refractivity contribution in [2.75, 3.05) is 0 Å². The summed E-state index contributed by atoms with van der Waals surface area (Å²) < 4.78 is 0. The molecular weight excluding hydrogens is 264 g/mol. The molecule has 0 spiro atoms. The molecule has 105 valence electrons. The molecule has 4 aromatic rings. The highest BCUT2D eigenvalue weighted by atomic mass is 14.2. The maximum atomic E-state index is 2.23. The summed E-state index contributed by atoms with van der Waals surface area (Å²) in [4.78, 5) is 0. The van der Waals surface area contributed by atoms with Crippen molar-refractivity contribution < 1.29 is 0 Å². The topological polar surface area (TPSA) is 0 Å². The van der Waals surface area contributed by atoms with Gasteiger partial charge in [-0.3, -0.25) is 0 Å². The number of rotatable bonds is 2. The molecule has 0 heteroatoms. The maximum absolute atomic E-state index is 2.23. The van der Waals surface area contributed by atoms with Gasteiger partial charge in [0.15, 0.2) is 0 Å². The molecule has 0 unspecified atom stereocenters. The number of hydrogen-bond donors (Lipinski definition) is 0. The van der Waals surface area contributed by atoms with Crippen molar-refractivity contribution in [1.82, 2.24) is 0 Å². The molecule has 0 aliphatic rings. The molecule has 0 saturated heterocycles. The molecule has 0 aliphatic carbocycles. The number of benzene rings is 4. The van der Waals surface area contributed by atoms with Crippen LogP contribution in [-0.2, 0) is 0 Å². The van der Waals surface area contributed by atoms with Crippen LogP contribution in [0.5, 0.6) is 0 Å². The zero-order valence-corrected chi connectivity index (χ0v) is 12.6. The number of hydrogen-bond acceptors (Lipinski definition) is 0. The Hall–Kier alpha value is -2.60. The Balaban J connectivity index is 1.94. The molecule has 0 nitrogen and oxygen atoms in total. The fourth-order valence-corrected chi connectivity index (χ4v) is 3.25. The molecule has 0 aliphatic heterocycles. The first-order valence-electron chi connectivity index (χ1n) is 7.64. The second-order valence-corrected chi connectivity index (χ2v) is 5.68. The third-order valence-corrected chi connectivity index (χ3v) is 4.39. The van der Waals surface area contributed by atoms with E-state index in [9.17, 15) is 0 Å². The second-order valence-electron chi connectivity index (χ2n) is 5.68. The minimum atomic E-state index is 1.29. The smallest absolute Gasteiger partial charge is 0.0321 e. The molecule has 0 saturated carbocycles. The first kappa shape index (κ1) is 13.1. The predicted octanol–water partition coefficient (Wildman–Crippen LogP) is 5.98. The molecule has 0 aromatic heterocycles. The van der Waals surface area contributed by atoms with Crippen molar-refractivity contribution in [3.8, 4) is 0 Å². The lowest BCUT2D eigenvalue weighted by Gasteiger charge is -2.17. The van der Waals surface area contributed by atoms with Gasteiger partial charge in [0.2, 0.25) is 0 Å². The minimum absolute atomic E-state index is 1.29. The second kappa shape index (κ2) is 5.31. The Morgan fingerprint density at radius 2 is 0.909 bits per heavy atom. The van der Waals surface area contributed by atoms with E-state index in [2.05, 4.69) is 91.9 Å². The van der Waals surface area contributed by atoms with E-state index in [-0.39, 0.29) is 0 Å². The molecule has 4 rings (SSSR count). The summed E-state index contributed by atoms with van der Waals surface area (Å²) >= 11 is 0.